The molecule has 0 aliphatic heterocycles. The maximum atomic E-state index is 12.6. The highest BCUT2D eigenvalue weighted by Crippen LogP contribution is 2.42. The van der Waals surface area contributed by atoms with Gasteiger partial charge in [-0.05, 0) is 41.1 Å². The van der Waals surface area contributed by atoms with Gasteiger partial charge in [-0.15, -0.1) is 0 Å². The lowest BCUT2D eigenvalue weighted by atomic mass is 9.64. The summed E-state index contributed by atoms with van der Waals surface area (Å²) in [6.07, 6.45) is 5.68. The fourth-order valence-electron chi connectivity index (χ4n) is 2.97. The summed E-state index contributed by atoms with van der Waals surface area (Å²) in [7, 11) is 0. The van der Waals surface area contributed by atoms with Crippen molar-refractivity contribution in [2.75, 3.05) is 5.32 Å². The van der Waals surface area contributed by atoms with E-state index in [4.69, 9.17) is 0 Å². The molecule has 0 amide bonds. The molecule has 2 unspecified atom stereocenters. The van der Waals surface area contributed by atoms with Crippen molar-refractivity contribution in [3.05, 3.63) is 21.0 Å². The molecule has 0 spiro atoms. The van der Waals surface area contributed by atoms with E-state index in [2.05, 4.69) is 26.3 Å². The Morgan fingerprint density at radius 3 is 2.76 bits per heavy atom. The molecule has 0 saturated heterocycles. The zero-order valence-corrected chi connectivity index (χ0v) is 14.1. The highest BCUT2D eigenvalue weighted by atomic mass is 79.9. The third kappa shape index (κ3) is 2.63. The maximum Gasteiger partial charge on any atom is 0.291 e. The number of aromatic nitrogens is 2. The Morgan fingerprint density at radius 1 is 1.52 bits per heavy atom. The topological polar surface area (TPSA) is 67.2 Å². The second-order valence-corrected chi connectivity index (χ2v) is 7.78. The molecule has 6 heteroatoms. The monoisotopic (exact) mass is 355 g/mol. The lowest BCUT2D eigenvalue weighted by Gasteiger charge is -2.49. The molecule has 21 heavy (non-hydrogen) atoms. The van der Waals surface area contributed by atoms with Crippen molar-refractivity contribution in [1.82, 2.24) is 9.78 Å². The molecule has 1 aromatic rings. The van der Waals surface area contributed by atoms with Gasteiger partial charge in [0, 0.05) is 18.0 Å². The largest absolute Gasteiger partial charge is 0.392 e. The summed E-state index contributed by atoms with van der Waals surface area (Å²) in [5, 5.41) is 17.4. The van der Waals surface area contributed by atoms with Crippen LogP contribution in [-0.2, 0) is 6.54 Å². The summed E-state index contributed by atoms with van der Waals surface area (Å²) in [6, 6.07) is 0.107. The Bertz CT molecular complexity index is 595. The fraction of sp³-hybridized carbons (Fsp3) is 0.733. The van der Waals surface area contributed by atoms with Crippen LogP contribution in [0.1, 0.15) is 39.5 Å². The van der Waals surface area contributed by atoms with E-state index >= 15 is 0 Å². The van der Waals surface area contributed by atoms with E-state index in [0.717, 1.165) is 0 Å². The first kappa shape index (κ1) is 15.0. The third-order valence-corrected chi connectivity index (χ3v) is 5.79. The van der Waals surface area contributed by atoms with Crippen LogP contribution >= 0.6 is 15.9 Å². The van der Waals surface area contributed by atoms with Crippen LogP contribution in [0.3, 0.4) is 0 Å². The zero-order chi connectivity index (χ0) is 15.2. The summed E-state index contributed by atoms with van der Waals surface area (Å²) < 4.78 is 2.26. The summed E-state index contributed by atoms with van der Waals surface area (Å²) in [6.45, 7) is 4.74. The smallest absolute Gasteiger partial charge is 0.291 e. The second-order valence-electron chi connectivity index (χ2n) is 6.92. The van der Waals surface area contributed by atoms with Crippen LogP contribution < -0.4 is 10.9 Å². The number of aliphatic hydroxyl groups excluding tert-OH is 1. The van der Waals surface area contributed by atoms with Gasteiger partial charge in [-0.25, -0.2) is 4.68 Å². The van der Waals surface area contributed by atoms with E-state index in [1.54, 1.807) is 10.9 Å². The number of hydrogen-bond donors (Lipinski definition) is 2. The van der Waals surface area contributed by atoms with Gasteiger partial charge in [0.25, 0.3) is 5.56 Å². The van der Waals surface area contributed by atoms with Crippen molar-refractivity contribution in [2.45, 2.75) is 58.2 Å². The lowest BCUT2D eigenvalue weighted by molar-refractivity contribution is -0.0511. The molecule has 2 fully saturated rings. The van der Waals surface area contributed by atoms with E-state index in [1.165, 1.54) is 19.3 Å². The van der Waals surface area contributed by atoms with Gasteiger partial charge < -0.3 is 10.4 Å². The minimum absolute atomic E-state index is 0.0755. The molecule has 2 aliphatic rings. The first-order valence-electron chi connectivity index (χ1n) is 7.60. The van der Waals surface area contributed by atoms with Gasteiger partial charge in [-0.2, -0.15) is 5.10 Å². The summed E-state index contributed by atoms with van der Waals surface area (Å²) in [5.41, 5.74) is 0.274. The number of rotatable bonds is 4. The summed E-state index contributed by atoms with van der Waals surface area (Å²) in [4.78, 5) is 12.6. The van der Waals surface area contributed by atoms with Crippen LogP contribution in [0.2, 0.25) is 0 Å². The Balaban J connectivity index is 1.81. The predicted molar refractivity (Wildman–Crippen MR) is 85.4 cm³/mol. The number of nitrogens with zero attached hydrogens (tertiary/aromatic N) is 2. The average molecular weight is 356 g/mol. The van der Waals surface area contributed by atoms with E-state index in [1.807, 2.05) is 13.8 Å². The zero-order valence-electron chi connectivity index (χ0n) is 12.5. The molecule has 0 aromatic carbocycles. The van der Waals surface area contributed by atoms with E-state index < -0.39 is 0 Å². The lowest BCUT2D eigenvalue weighted by Crippen LogP contribution is -2.57. The molecular weight excluding hydrogens is 334 g/mol. The Morgan fingerprint density at radius 2 is 2.24 bits per heavy atom. The van der Waals surface area contributed by atoms with Gasteiger partial charge in [0.05, 0.1) is 16.8 Å². The SMILES string of the molecule is CC1(C)C(O)CC1Nc1c(Br)cnn(CC2CCC2)c1=O. The van der Waals surface area contributed by atoms with Crippen molar-refractivity contribution in [2.24, 2.45) is 11.3 Å². The number of halogens is 1. The molecule has 116 valence electrons. The first-order valence-corrected chi connectivity index (χ1v) is 8.39. The number of hydrogen-bond acceptors (Lipinski definition) is 4. The van der Waals surface area contributed by atoms with Crippen LogP contribution in [-0.4, -0.2) is 27.0 Å². The maximum absolute atomic E-state index is 12.6. The number of aliphatic hydroxyl groups is 1. The van der Waals surface area contributed by atoms with Crippen molar-refractivity contribution >= 4 is 21.6 Å². The highest BCUT2D eigenvalue weighted by Gasteiger charge is 2.47. The molecule has 5 nitrogen and oxygen atoms in total. The quantitative estimate of drug-likeness (QED) is 0.869. The van der Waals surface area contributed by atoms with Crippen molar-refractivity contribution < 1.29 is 5.11 Å². The Hall–Kier alpha value is -0.880. The molecule has 0 bridgehead atoms. The van der Waals surface area contributed by atoms with E-state index in [0.29, 0.717) is 29.0 Å². The predicted octanol–water partition coefficient (Wildman–Crippen LogP) is 2.38. The van der Waals surface area contributed by atoms with Crippen molar-refractivity contribution in [3.63, 3.8) is 0 Å². The Kier molecular flexibility index (Phi) is 3.86. The molecule has 3 rings (SSSR count). The van der Waals surface area contributed by atoms with Gasteiger partial charge in [0.1, 0.15) is 5.69 Å². The highest BCUT2D eigenvalue weighted by molar-refractivity contribution is 9.10. The fourth-order valence-corrected chi connectivity index (χ4v) is 3.35. The van der Waals surface area contributed by atoms with Gasteiger partial charge in [-0.3, -0.25) is 4.79 Å². The molecule has 1 heterocycles. The van der Waals surface area contributed by atoms with Crippen molar-refractivity contribution in [3.8, 4) is 0 Å². The normalized spacial score (nSPS) is 27.8. The standard InChI is InChI=1S/C15H22BrN3O2/c1-15(2)11(6-12(15)20)18-13-10(16)7-17-19(14(13)21)8-9-4-3-5-9/h7,9,11-12,18,20H,3-6,8H2,1-2H3. The minimum Gasteiger partial charge on any atom is -0.392 e. The third-order valence-electron chi connectivity index (χ3n) is 5.19. The van der Waals surface area contributed by atoms with Gasteiger partial charge in [0.2, 0.25) is 0 Å². The van der Waals surface area contributed by atoms with Gasteiger partial charge >= 0.3 is 0 Å². The first-order chi connectivity index (χ1) is 9.89. The van der Waals surface area contributed by atoms with E-state index in [9.17, 15) is 9.90 Å². The number of nitrogens with one attached hydrogen (secondary N) is 1. The number of anilines is 1. The van der Waals surface area contributed by atoms with Crippen LogP contribution in [0.25, 0.3) is 0 Å². The van der Waals surface area contributed by atoms with Crippen LogP contribution in [0.4, 0.5) is 5.69 Å². The summed E-state index contributed by atoms with van der Waals surface area (Å²) in [5.74, 6) is 0.589. The molecule has 2 saturated carbocycles. The Labute approximate surface area is 132 Å². The van der Waals surface area contributed by atoms with Crippen LogP contribution in [0.15, 0.2) is 15.5 Å². The molecular formula is C15H22BrN3O2. The summed E-state index contributed by atoms with van der Waals surface area (Å²) >= 11 is 3.41. The van der Waals surface area contributed by atoms with Crippen molar-refractivity contribution in [1.29, 1.82) is 0 Å². The molecule has 2 atom stereocenters. The van der Waals surface area contributed by atoms with Crippen LogP contribution in [0, 0.1) is 11.3 Å². The van der Waals surface area contributed by atoms with Crippen LogP contribution in [0.5, 0.6) is 0 Å². The van der Waals surface area contributed by atoms with Gasteiger partial charge in [-0.1, -0.05) is 20.3 Å². The van der Waals surface area contributed by atoms with E-state index in [-0.39, 0.29) is 23.1 Å². The minimum atomic E-state index is -0.312. The average Bonchev–Trinajstić information content (AvgIpc) is 2.39. The molecule has 0 radical (unpaired) electrons. The molecule has 1 aromatic heterocycles. The van der Waals surface area contributed by atoms with Gasteiger partial charge in [0.15, 0.2) is 0 Å². The molecule has 2 aliphatic carbocycles. The molecule has 2 N–H and O–H groups in total. The second kappa shape index (κ2) is 5.39.